The molecule has 1 amide bonds. The smallest absolute Gasteiger partial charge is 0.416 e. The van der Waals surface area contributed by atoms with Gasteiger partial charge in [0.1, 0.15) is 5.60 Å². The lowest BCUT2D eigenvalue weighted by molar-refractivity contribution is -0.137. The zero-order valence-corrected chi connectivity index (χ0v) is 14.6. The predicted octanol–water partition coefficient (Wildman–Crippen LogP) is 4.13. The molecule has 1 aromatic rings. The van der Waals surface area contributed by atoms with Crippen molar-refractivity contribution in [1.82, 2.24) is 9.88 Å². The molecule has 0 radical (unpaired) electrons. The third kappa shape index (κ3) is 6.10. The highest BCUT2D eigenvalue weighted by atomic mass is 19.4. The minimum Gasteiger partial charge on any atom is -0.477 e. The quantitative estimate of drug-likeness (QED) is 0.813. The first-order valence-corrected chi connectivity index (χ1v) is 8.18. The first-order chi connectivity index (χ1) is 11.5. The third-order valence-corrected chi connectivity index (χ3v) is 3.70. The van der Waals surface area contributed by atoms with E-state index in [1.165, 1.54) is 0 Å². The Labute approximate surface area is 145 Å². The zero-order chi connectivity index (χ0) is 18.7. The van der Waals surface area contributed by atoms with Crippen molar-refractivity contribution in [3.05, 3.63) is 23.9 Å². The predicted molar refractivity (Wildman–Crippen MR) is 85.3 cm³/mol. The van der Waals surface area contributed by atoms with E-state index in [-0.39, 0.29) is 24.5 Å². The number of alkyl halides is 3. The summed E-state index contributed by atoms with van der Waals surface area (Å²) in [7, 11) is 0. The molecule has 1 fully saturated rings. The Morgan fingerprint density at radius 3 is 2.72 bits per heavy atom. The summed E-state index contributed by atoms with van der Waals surface area (Å²) >= 11 is 0. The summed E-state index contributed by atoms with van der Waals surface area (Å²) in [6.45, 7) is 6.66. The molecule has 1 aromatic heterocycles. The molecule has 0 bridgehead atoms. The molecule has 0 aromatic carbocycles. The van der Waals surface area contributed by atoms with Crippen molar-refractivity contribution in [2.75, 3.05) is 19.7 Å². The minimum atomic E-state index is -4.43. The fourth-order valence-corrected chi connectivity index (χ4v) is 2.56. The molecule has 1 atom stereocenters. The van der Waals surface area contributed by atoms with E-state index in [1.54, 1.807) is 25.7 Å². The highest BCUT2D eigenvalue weighted by Gasteiger charge is 2.31. The van der Waals surface area contributed by atoms with E-state index in [1.807, 2.05) is 0 Å². The van der Waals surface area contributed by atoms with Crippen molar-refractivity contribution in [2.24, 2.45) is 5.92 Å². The van der Waals surface area contributed by atoms with Crippen LogP contribution in [0.3, 0.4) is 0 Å². The Bertz CT molecular complexity index is 600. The molecule has 25 heavy (non-hydrogen) atoms. The lowest BCUT2D eigenvalue weighted by Gasteiger charge is -2.33. The number of hydrogen-bond acceptors (Lipinski definition) is 4. The number of aromatic nitrogens is 1. The van der Waals surface area contributed by atoms with Gasteiger partial charge >= 0.3 is 12.3 Å². The number of nitrogens with zero attached hydrogens (tertiary/aromatic N) is 2. The van der Waals surface area contributed by atoms with Gasteiger partial charge in [-0.05, 0) is 39.7 Å². The van der Waals surface area contributed by atoms with E-state index in [9.17, 15) is 18.0 Å². The standard InChI is InChI=1S/C17H23F3N2O3/c1-16(2,3)25-15(23)22-8-4-5-12(10-22)11-24-14-9-13(6-7-21-14)17(18,19)20/h6-7,9,12H,4-5,8,10-11H2,1-3H3/t12-/m0/s1. The molecule has 1 saturated heterocycles. The third-order valence-electron chi connectivity index (χ3n) is 3.70. The molecule has 1 aliphatic heterocycles. The summed E-state index contributed by atoms with van der Waals surface area (Å²) in [4.78, 5) is 17.5. The van der Waals surface area contributed by atoms with Crippen LogP contribution in [0.15, 0.2) is 18.3 Å². The number of rotatable bonds is 3. The molecule has 0 aliphatic carbocycles. The molecular formula is C17H23F3N2O3. The van der Waals surface area contributed by atoms with E-state index in [0.29, 0.717) is 13.1 Å². The largest absolute Gasteiger partial charge is 0.477 e. The Balaban J connectivity index is 1.90. The van der Waals surface area contributed by atoms with Crippen LogP contribution in [0.4, 0.5) is 18.0 Å². The highest BCUT2D eigenvalue weighted by Crippen LogP contribution is 2.30. The van der Waals surface area contributed by atoms with Crippen molar-refractivity contribution in [1.29, 1.82) is 0 Å². The molecule has 5 nitrogen and oxygen atoms in total. The molecule has 2 rings (SSSR count). The number of carbonyl (C=O) groups is 1. The zero-order valence-electron chi connectivity index (χ0n) is 14.6. The van der Waals surface area contributed by atoms with Gasteiger partial charge < -0.3 is 14.4 Å². The molecule has 0 unspecified atom stereocenters. The molecule has 0 saturated carbocycles. The lowest BCUT2D eigenvalue weighted by Crippen LogP contribution is -2.44. The summed E-state index contributed by atoms with van der Waals surface area (Å²) in [5.41, 5.74) is -1.36. The maximum Gasteiger partial charge on any atom is 0.416 e. The molecule has 0 N–H and O–H groups in total. The SMILES string of the molecule is CC(C)(C)OC(=O)N1CCC[C@H](COc2cc(C(F)(F)F)ccn2)C1. The van der Waals surface area contributed by atoms with E-state index < -0.39 is 17.3 Å². The van der Waals surface area contributed by atoms with Crippen LogP contribution in [0.2, 0.25) is 0 Å². The Kier molecular flexibility index (Phi) is 5.80. The first kappa shape index (κ1) is 19.3. The van der Waals surface area contributed by atoms with E-state index in [2.05, 4.69) is 4.98 Å². The summed E-state index contributed by atoms with van der Waals surface area (Å²) < 4.78 is 48.9. The molecule has 0 spiro atoms. The average molecular weight is 360 g/mol. The van der Waals surface area contributed by atoms with E-state index in [4.69, 9.17) is 9.47 Å². The van der Waals surface area contributed by atoms with Crippen LogP contribution in [0, 0.1) is 5.92 Å². The molecular weight excluding hydrogens is 337 g/mol. The van der Waals surface area contributed by atoms with Gasteiger partial charge in [0.15, 0.2) is 0 Å². The first-order valence-electron chi connectivity index (χ1n) is 8.18. The summed E-state index contributed by atoms with van der Waals surface area (Å²) in [6.07, 6.45) is -2.11. The van der Waals surface area contributed by atoms with Crippen LogP contribution in [-0.2, 0) is 10.9 Å². The monoisotopic (exact) mass is 360 g/mol. The maximum absolute atomic E-state index is 12.7. The van der Waals surface area contributed by atoms with Gasteiger partial charge in [0, 0.05) is 31.3 Å². The Morgan fingerprint density at radius 2 is 2.08 bits per heavy atom. The van der Waals surface area contributed by atoms with Gasteiger partial charge in [-0.1, -0.05) is 0 Å². The Hall–Kier alpha value is -1.99. The number of piperidine rings is 1. The second-order valence-corrected chi connectivity index (χ2v) is 7.13. The number of pyridine rings is 1. The van der Waals surface area contributed by atoms with Crippen molar-refractivity contribution in [2.45, 2.75) is 45.4 Å². The molecule has 1 aliphatic rings. The second kappa shape index (κ2) is 7.49. The van der Waals surface area contributed by atoms with Crippen molar-refractivity contribution < 1.29 is 27.4 Å². The highest BCUT2D eigenvalue weighted by molar-refractivity contribution is 5.68. The number of likely N-dealkylation sites (tertiary alicyclic amines) is 1. The van der Waals surface area contributed by atoms with E-state index in [0.717, 1.165) is 31.2 Å². The van der Waals surface area contributed by atoms with Crippen LogP contribution in [0.25, 0.3) is 0 Å². The fraction of sp³-hybridized carbons (Fsp3) is 0.647. The number of hydrogen-bond donors (Lipinski definition) is 0. The van der Waals surface area contributed by atoms with Gasteiger partial charge in [-0.15, -0.1) is 0 Å². The average Bonchev–Trinajstić information content (AvgIpc) is 2.51. The normalized spacial score (nSPS) is 18.8. The fourth-order valence-electron chi connectivity index (χ4n) is 2.56. The molecule has 8 heteroatoms. The van der Waals surface area contributed by atoms with Gasteiger partial charge in [0.05, 0.1) is 12.2 Å². The number of carbonyl (C=O) groups excluding carboxylic acids is 1. The second-order valence-electron chi connectivity index (χ2n) is 7.13. The van der Waals surface area contributed by atoms with Crippen LogP contribution >= 0.6 is 0 Å². The van der Waals surface area contributed by atoms with Crippen molar-refractivity contribution in [3.63, 3.8) is 0 Å². The van der Waals surface area contributed by atoms with Gasteiger partial charge in [-0.2, -0.15) is 13.2 Å². The van der Waals surface area contributed by atoms with E-state index >= 15 is 0 Å². The number of amides is 1. The van der Waals surface area contributed by atoms with Crippen LogP contribution in [-0.4, -0.2) is 41.3 Å². The number of halogens is 3. The van der Waals surface area contributed by atoms with Crippen LogP contribution in [0.5, 0.6) is 5.88 Å². The molecule has 2 heterocycles. The van der Waals surface area contributed by atoms with Gasteiger partial charge in [0.2, 0.25) is 5.88 Å². The molecule has 140 valence electrons. The van der Waals surface area contributed by atoms with Gasteiger partial charge in [-0.3, -0.25) is 0 Å². The van der Waals surface area contributed by atoms with Gasteiger partial charge in [-0.25, -0.2) is 9.78 Å². The summed E-state index contributed by atoms with van der Waals surface area (Å²) in [6, 6.07) is 1.78. The van der Waals surface area contributed by atoms with Crippen LogP contribution in [0.1, 0.15) is 39.2 Å². The van der Waals surface area contributed by atoms with Gasteiger partial charge in [0.25, 0.3) is 0 Å². The minimum absolute atomic E-state index is 0.0256. The summed E-state index contributed by atoms with van der Waals surface area (Å²) in [5, 5.41) is 0. The maximum atomic E-state index is 12.7. The topological polar surface area (TPSA) is 51.7 Å². The van der Waals surface area contributed by atoms with Crippen molar-refractivity contribution >= 4 is 6.09 Å². The lowest BCUT2D eigenvalue weighted by atomic mass is 9.99. The Morgan fingerprint density at radius 1 is 1.36 bits per heavy atom. The number of ether oxygens (including phenoxy) is 2. The van der Waals surface area contributed by atoms with Crippen LogP contribution < -0.4 is 4.74 Å². The van der Waals surface area contributed by atoms with Crippen molar-refractivity contribution in [3.8, 4) is 5.88 Å². The summed E-state index contributed by atoms with van der Waals surface area (Å²) in [5.74, 6) is -0.0400.